The van der Waals surface area contributed by atoms with E-state index in [0.29, 0.717) is 11.4 Å². The number of hydrogen-bond acceptors (Lipinski definition) is 4. The third-order valence-corrected chi connectivity index (χ3v) is 3.73. The third kappa shape index (κ3) is 4.00. The van der Waals surface area contributed by atoms with Crippen molar-refractivity contribution in [1.82, 2.24) is 0 Å². The summed E-state index contributed by atoms with van der Waals surface area (Å²) in [6, 6.07) is 2.03. The lowest BCUT2D eigenvalue weighted by Crippen LogP contribution is -2.01. The number of aryl methyl sites for hydroxylation is 1. The molecule has 0 atom stereocenters. The quantitative estimate of drug-likeness (QED) is 0.512. The molecule has 0 saturated carbocycles. The molecule has 0 saturated heterocycles. The number of unbranched alkanes of at least 4 members (excludes halogenated alkanes) is 1. The number of isocyanates is 2. The van der Waals surface area contributed by atoms with E-state index in [1.807, 2.05) is 19.9 Å². The number of carbonyl (C=O) groups excluding carboxylic acids is 2. The normalized spacial score (nSPS) is 10.5. The van der Waals surface area contributed by atoms with Crippen molar-refractivity contribution in [3.63, 3.8) is 0 Å². The Morgan fingerprint density at radius 1 is 1.00 bits per heavy atom. The van der Waals surface area contributed by atoms with Gasteiger partial charge in [0, 0.05) is 5.56 Å². The minimum absolute atomic E-state index is 0.0956. The Balaban J connectivity index is 3.79. The Bertz CT molecular complexity index is 620. The Hall–Kier alpha value is -2.02. The van der Waals surface area contributed by atoms with Crippen molar-refractivity contribution >= 4 is 23.5 Å². The fourth-order valence-corrected chi connectivity index (χ4v) is 2.66. The number of hydrogen-bond donors (Lipinski definition) is 0. The summed E-state index contributed by atoms with van der Waals surface area (Å²) in [5.41, 5.74) is 4.10. The van der Waals surface area contributed by atoms with Gasteiger partial charge in [-0.05, 0) is 35.8 Å². The van der Waals surface area contributed by atoms with Crippen molar-refractivity contribution in [3.8, 4) is 0 Å². The van der Waals surface area contributed by atoms with Gasteiger partial charge in [-0.1, -0.05) is 47.1 Å². The van der Waals surface area contributed by atoms with Gasteiger partial charge in [0.15, 0.2) is 0 Å². The summed E-state index contributed by atoms with van der Waals surface area (Å²) in [6.07, 6.45) is 6.22. The van der Waals surface area contributed by atoms with Gasteiger partial charge in [-0.2, -0.15) is 9.98 Å². The molecule has 0 radical (unpaired) electrons. The molecule has 0 heterocycles. The highest BCUT2D eigenvalue weighted by Crippen LogP contribution is 2.43. The molecule has 4 heteroatoms. The molecule has 22 heavy (non-hydrogen) atoms. The van der Waals surface area contributed by atoms with Crippen LogP contribution in [0.1, 0.15) is 76.0 Å². The Morgan fingerprint density at radius 2 is 1.59 bits per heavy atom. The van der Waals surface area contributed by atoms with E-state index in [2.05, 4.69) is 30.8 Å². The predicted octanol–water partition coefficient (Wildman–Crippen LogP) is 5.21. The van der Waals surface area contributed by atoms with Crippen LogP contribution < -0.4 is 0 Å². The highest BCUT2D eigenvalue weighted by atomic mass is 16.1. The number of nitrogens with zero attached hydrogens (tertiary/aromatic N) is 2. The molecule has 0 spiro atoms. The molecule has 1 rings (SSSR count). The first-order valence-corrected chi connectivity index (χ1v) is 7.83. The second-order valence-corrected chi connectivity index (χ2v) is 6.05. The highest BCUT2D eigenvalue weighted by Gasteiger charge is 2.21. The van der Waals surface area contributed by atoms with Crippen molar-refractivity contribution in [2.45, 2.75) is 65.7 Å². The number of benzene rings is 1. The summed E-state index contributed by atoms with van der Waals surface area (Å²) in [5.74, 6) is 0.317. The standard InChI is InChI=1S/C18H24N2O2/c1-6-7-8-14-9-15(12(2)3)18(20-11-22)16(13(4)5)17(14)19-10-21/h9,12-13H,6-8H2,1-5H3. The maximum atomic E-state index is 10.9. The van der Waals surface area contributed by atoms with Crippen LogP contribution in [0, 0.1) is 0 Å². The van der Waals surface area contributed by atoms with E-state index >= 15 is 0 Å². The highest BCUT2D eigenvalue weighted by molar-refractivity contribution is 5.73. The van der Waals surface area contributed by atoms with Gasteiger partial charge in [0.1, 0.15) is 0 Å². The van der Waals surface area contributed by atoms with Gasteiger partial charge in [0.2, 0.25) is 12.2 Å². The molecular formula is C18H24N2O2. The molecule has 118 valence electrons. The van der Waals surface area contributed by atoms with Crippen LogP contribution in [0.15, 0.2) is 16.1 Å². The van der Waals surface area contributed by atoms with E-state index in [4.69, 9.17) is 0 Å². The maximum absolute atomic E-state index is 10.9. The van der Waals surface area contributed by atoms with Gasteiger partial charge >= 0.3 is 0 Å². The lowest BCUT2D eigenvalue weighted by atomic mass is 9.87. The Morgan fingerprint density at radius 3 is 2.05 bits per heavy atom. The number of rotatable bonds is 7. The van der Waals surface area contributed by atoms with Gasteiger partial charge in [0.25, 0.3) is 0 Å². The molecule has 0 N–H and O–H groups in total. The van der Waals surface area contributed by atoms with Gasteiger partial charge in [-0.3, -0.25) is 0 Å². The van der Waals surface area contributed by atoms with E-state index in [1.165, 1.54) is 0 Å². The van der Waals surface area contributed by atoms with Crippen LogP contribution >= 0.6 is 0 Å². The first kappa shape index (κ1) is 18.0. The molecule has 0 aliphatic carbocycles. The Kier molecular flexibility index (Phi) is 6.91. The summed E-state index contributed by atoms with van der Waals surface area (Å²) >= 11 is 0. The second-order valence-electron chi connectivity index (χ2n) is 6.05. The molecular weight excluding hydrogens is 276 g/mol. The van der Waals surface area contributed by atoms with E-state index < -0.39 is 0 Å². The summed E-state index contributed by atoms with van der Waals surface area (Å²) in [7, 11) is 0. The van der Waals surface area contributed by atoms with Gasteiger partial charge in [-0.15, -0.1) is 0 Å². The topological polar surface area (TPSA) is 58.9 Å². The first-order chi connectivity index (χ1) is 10.5. The van der Waals surface area contributed by atoms with Crippen molar-refractivity contribution < 1.29 is 9.59 Å². The van der Waals surface area contributed by atoms with Crippen molar-refractivity contribution in [3.05, 3.63) is 22.8 Å². The van der Waals surface area contributed by atoms with Crippen LogP contribution in [-0.2, 0) is 16.0 Å². The third-order valence-electron chi connectivity index (χ3n) is 3.73. The zero-order chi connectivity index (χ0) is 16.7. The molecule has 0 aromatic heterocycles. The fourth-order valence-electron chi connectivity index (χ4n) is 2.66. The zero-order valence-electron chi connectivity index (χ0n) is 14.1. The van der Waals surface area contributed by atoms with E-state index in [1.54, 1.807) is 12.2 Å². The van der Waals surface area contributed by atoms with Gasteiger partial charge < -0.3 is 0 Å². The lowest BCUT2D eigenvalue weighted by molar-refractivity contribution is 0.564. The summed E-state index contributed by atoms with van der Waals surface area (Å²) in [6.45, 7) is 10.3. The summed E-state index contributed by atoms with van der Waals surface area (Å²) in [4.78, 5) is 29.6. The molecule has 0 unspecified atom stereocenters. The second kappa shape index (κ2) is 8.43. The fraction of sp³-hybridized carbons (Fsp3) is 0.556. The maximum Gasteiger partial charge on any atom is 0.240 e. The molecule has 0 amide bonds. The SMILES string of the molecule is CCCCc1cc(C(C)C)c(N=C=O)c(C(C)C)c1N=C=O. The van der Waals surface area contributed by atoms with Crippen molar-refractivity contribution in [2.75, 3.05) is 0 Å². The summed E-state index contributed by atoms with van der Waals surface area (Å²) < 4.78 is 0. The molecule has 1 aromatic carbocycles. The lowest BCUT2D eigenvalue weighted by Gasteiger charge is -2.20. The molecule has 0 fully saturated rings. The minimum atomic E-state index is 0.0956. The van der Waals surface area contributed by atoms with Crippen LogP contribution in [0.2, 0.25) is 0 Å². The molecule has 0 aliphatic heterocycles. The minimum Gasteiger partial charge on any atom is -0.211 e. The predicted molar refractivity (Wildman–Crippen MR) is 88.8 cm³/mol. The smallest absolute Gasteiger partial charge is 0.211 e. The molecule has 1 aromatic rings. The van der Waals surface area contributed by atoms with E-state index in [-0.39, 0.29) is 11.8 Å². The van der Waals surface area contributed by atoms with Crippen molar-refractivity contribution in [2.24, 2.45) is 9.98 Å². The van der Waals surface area contributed by atoms with Crippen LogP contribution in [-0.4, -0.2) is 12.2 Å². The Labute approximate surface area is 132 Å². The average Bonchev–Trinajstić information content (AvgIpc) is 2.46. The first-order valence-electron chi connectivity index (χ1n) is 7.83. The average molecular weight is 300 g/mol. The van der Waals surface area contributed by atoms with Crippen LogP contribution in [0.3, 0.4) is 0 Å². The molecule has 0 bridgehead atoms. The molecule has 4 nitrogen and oxygen atoms in total. The van der Waals surface area contributed by atoms with Gasteiger partial charge in [0.05, 0.1) is 11.4 Å². The van der Waals surface area contributed by atoms with Crippen LogP contribution in [0.25, 0.3) is 0 Å². The van der Waals surface area contributed by atoms with E-state index in [9.17, 15) is 9.59 Å². The molecule has 0 aliphatic rings. The van der Waals surface area contributed by atoms with Gasteiger partial charge in [-0.25, -0.2) is 9.59 Å². The van der Waals surface area contributed by atoms with Crippen LogP contribution in [0.5, 0.6) is 0 Å². The zero-order valence-corrected chi connectivity index (χ0v) is 14.1. The van der Waals surface area contributed by atoms with Crippen LogP contribution in [0.4, 0.5) is 11.4 Å². The van der Waals surface area contributed by atoms with E-state index in [0.717, 1.165) is 36.0 Å². The largest absolute Gasteiger partial charge is 0.240 e. The monoisotopic (exact) mass is 300 g/mol. The van der Waals surface area contributed by atoms with Crippen molar-refractivity contribution in [1.29, 1.82) is 0 Å². The number of aliphatic imine (C=N–C) groups is 2. The summed E-state index contributed by atoms with van der Waals surface area (Å²) in [5, 5.41) is 0.